The fourth-order valence-corrected chi connectivity index (χ4v) is 3.12. The molecule has 7 heteroatoms. The van der Waals surface area contributed by atoms with E-state index in [1.54, 1.807) is 24.4 Å². The Morgan fingerprint density at radius 3 is 2.67 bits per heavy atom. The Morgan fingerprint density at radius 1 is 1.43 bits per heavy atom. The van der Waals surface area contributed by atoms with Gasteiger partial charge in [0, 0.05) is 21.1 Å². The van der Waals surface area contributed by atoms with Crippen LogP contribution in [0.25, 0.3) is 0 Å². The van der Waals surface area contributed by atoms with Crippen molar-refractivity contribution in [1.82, 2.24) is 4.98 Å². The fourth-order valence-electron chi connectivity index (χ4n) is 1.73. The number of urea groups is 1. The standard InChI is InChI=1S/C14H15Cl2N3OS/c1-8(2)12-6-18-14(21-12)19(13(17)20)7-9-3-4-10(15)5-11(9)16/h3-6,8H,7H2,1-2H3,(H2,17,20). The zero-order chi connectivity index (χ0) is 15.6. The van der Waals surface area contributed by atoms with Crippen LogP contribution in [0.1, 0.15) is 30.2 Å². The van der Waals surface area contributed by atoms with Gasteiger partial charge in [-0.15, -0.1) is 11.3 Å². The minimum atomic E-state index is -0.564. The average Bonchev–Trinajstić information content (AvgIpc) is 2.87. The van der Waals surface area contributed by atoms with Crippen molar-refractivity contribution in [3.8, 4) is 0 Å². The molecule has 0 bridgehead atoms. The van der Waals surface area contributed by atoms with Gasteiger partial charge in [-0.3, -0.25) is 4.90 Å². The van der Waals surface area contributed by atoms with Crippen molar-refractivity contribution in [3.05, 3.63) is 44.9 Å². The molecule has 0 spiro atoms. The van der Waals surface area contributed by atoms with E-state index in [0.29, 0.717) is 21.1 Å². The van der Waals surface area contributed by atoms with Gasteiger partial charge in [0.1, 0.15) is 0 Å². The van der Waals surface area contributed by atoms with E-state index in [1.165, 1.54) is 16.2 Å². The molecule has 0 aliphatic heterocycles. The van der Waals surface area contributed by atoms with Crippen LogP contribution in [0.15, 0.2) is 24.4 Å². The van der Waals surface area contributed by atoms with E-state index in [1.807, 2.05) is 0 Å². The first-order valence-corrected chi connectivity index (χ1v) is 7.92. The number of nitrogens with two attached hydrogens (primary N) is 1. The average molecular weight is 344 g/mol. The zero-order valence-corrected chi connectivity index (χ0v) is 14.0. The molecule has 0 unspecified atom stereocenters. The number of amides is 2. The maximum Gasteiger partial charge on any atom is 0.321 e. The predicted molar refractivity (Wildman–Crippen MR) is 88.4 cm³/mol. The SMILES string of the molecule is CC(C)c1cnc(N(Cc2ccc(Cl)cc2Cl)C(N)=O)s1. The molecule has 2 rings (SSSR count). The number of primary amides is 1. The highest BCUT2D eigenvalue weighted by Gasteiger charge is 2.19. The van der Waals surface area contributed by atoms with E-state index in [9.17, 15) is 4.79 Å². The van der Waals surface area contributed by atoms with Crippen molar-refractivity contribution in [1.29, 1.82) is 0 Å². The summed E-state index contributed by atoms with van der Waals surface area (Å²) >= 11 is 13.5. The van der Waals surface area contributed by atoms with Crippen molar-refractivity contribution >= 4 is 45.7 Å². The quantitative estimate of drug-likeness (QED) is 0.877. The second-order valence-electron chi connectivity index (χ2n) is 4.86. The molecule has 1 heterocycles. The maximum absolute atomic E-state index is 11.7. The lowest BCUT2D eigenvalue weighted by Gasteiger charge is -2.18. The van der Waals surface area contributed by atoms with E-state index in [2.05, 4.69) is 18.8 Å². The van der Waals surface area contributed by atoms with Crippen LogP contribution in [0.5, 0.6) is 0 Å². The topological polar surface area (TPSA) is 59.2 Å². The second-order valence-corrected chi connectivity index (χ2v) is 6.74. The van der Waals surface area contributed by atoms with Gasteiger partial charge in [-0.25, -0.2) is 9.78 Å². The fraction of sp³-hybridized carbons (Fsp3) is 0.286. The van der Waals surface area contributed by atoms with Crippen LogP contribution in [0.2, 0.25) is 10.0 Å². The normalized spacial score (nSPS) is 10.9. The Hall–Kier alpha value is -1.30. The highest BCUT2D eigenvalue weighted by Crippen LogP contribution is 2.30. The number of anilines is 1. The summed E-state index contributed by atoms with van der Waals surface area (Å²) in [5.74, 6) is 0.352. The van der Waals surface area contributed by atoms with Crippen molar-refractivity contribution in [2.75, 3.05) is 4.90 Å². The molecule has 1 aromatic carbocycles. The van der Waals surface area contributed by atoms with Crippen LogP contribution >= 0.6 is 34.5 Å². The Morgan fingerprint density at radius 2 is 2.14 bits per heavy atom. The largest absolute Gasteiger partial charge is 0.351 e. The number of hydrogen-bond acceptors (Lipinski definition) is 3. The van der Waals surface area contributed by atoms with E-state index in [0.717, 1.165) is 10.4 Å². The summed E-state index contributed by atoms with van der Waals surface area (Å²) in [6.45, 7) is 4.40. The molecule has 2 N–H and O–H groups in total. The lowest BCUT2D eigenvalue weighted by Crippen LogP contribution is -2.35. The van der Waals surface area contributed by atoms with Crippen LogP contribution in [0, 0.1) is 0 Å². The summed E-state index contributed by atoms with van der Waals surface area (Å²) in [5, 5.41) is 1.61. The third-order valence-electron chi connectivity index (χ3n) is 2.92. The molecule has 0 aliphatic rings. The van der Waals surface area contributed by atoms with Crippen molar-refractivity contribution in [3.63, 3.8) is 0 Å². The van der Waals surface area contributed by atoms with Crippen LogP contribution in [0.4, 0.5) is 9.93 Å². The molecule has 0 atom stereocenters. The lowest BCUT2D eigenvalue weighted by molar-refractivity contribution is 0.253. The molecule has 2 aromatic rings. The first-order chi connectivity index (χ1) is 9.88. The Bertz CT molecular complexity index is 657. The van der Waals surface area contributed by atoms with Gasteiger partial charge >= 0.3 is 6.03 Å². The van der Waals surface area contributed by atoms with Gasteiger partial charge in [-0.05, 0) is 23.6 Å². The van der Waals surface area contributed by atoms with Gasteiger partial charge in [0.2, 0.25) is 0 Å². The molecule has 1 aromatic heterocycles. The van der Waals surface area contributed by atoms with E-state index < -0.39 is 6.03 Å². The van der Waals surface area contributed by atoms with Gasteiger partial charge in [0.05, 0.1) is 6.54 Å². The van der Waals surface area contributed by atoms with Gasteiger partial charge in [-0.2, -0.15) is 0 Å². The number of nitrogens with zero attached hydrogens (tertiary/aromatic N) is 2. The second kappa shape index (κ2) is 6.64. The van der Waals surface area contributed by atoms with E-state index >= 15 is 0 Å². The lowest BCUT2D eigenvalue weighted by atomic mass is 10.2. The minimum absolute atomic E-state index is 0.260. The van der Waals surface area contributed by atoms with E-state index in [4.69, 9.17) is 28.9 Å². The predicted octanol–water partition coefficient (Wildman–Crippen LogP) is 4.66. The molecule has 21 heavy (non-hydrogen) atoms. The molecule has 4 nitrogen and oxygen atoms in total. The van der Waals surface area contributed by atoms with Gasteiger partial charge in [0.25, 0.3) is 0 Å². The smallest absolute Gasteiger partial charge is 0.321 e. The highest BCUT2D eigenvalue weighted by atomic mass is 35.5. The van der Waals surface area contributed by atoms with Gasteiger partial charge < -0.3 is 5.73 Å². The van der Waals surface area contributed by atoms with Crippen molar-refractivity contribution < 1.29 is 4.79 Å². The van der Waals surface area contributed by atoms with Crippen molar-refractivity contribution in [2.45, 2.75) is 26.3 Å². The molecule has 0 fully saturated rings. The number of hydrogen-bond donors (Lipinski definition) is 1. The minimum Gasteiger partial charge on any atom is -0.351 e. The number of aromatic nitrogens is 1. The third-order valence-corrected chi connectivity index (χ3v) is 4.83. The summed E-state index contributed by atoms with van der Waals surface area (Å²) in [6.07, 6.45) is 1.77. The molecule has 0 aliphatic carbocycles. The Kier molecular flexibility index (Phi) is 5.08. The Labute approximate surface area is 137 Å². The molecule has 2 amide bonds. The van der Waals surface area contributed by atoms with Crippen LogP contribution in [-0.4, -0.2) is 11.0 Å². The number of rotatable bonds is 4. The summed E-state index contributed by atoms with van der Waals surface area (Å²) in [5.41, 5.74) is 6.23. The highest BCUT2D eigenvalue weighted by molar-refractivity contribution is 7.15. The molecule has 0 saturated heterocycles. The van der Waals surface area contributed by atoms with Gasteiger partial charge in [-0.1, -0.05) is 43.1 Å². The summed E-state index contributed by atoms with van der Waals surface area (Å²) in [6, 6.07) is 4.57. The molecule has 0 saturated carbocycles. The zero-order valence-electron chi connectivity index (χ0n) is 11.6. The van der Waals surface area contributed by atoms with Gasteiger partial charge in [0.15, 0.2) is 5.13 Å². The van der Waals surface area contributed by atoms with E-state index in [-0.39, 0.29) is 6.54 Å². The number of halogens is 2. The number of carbonyl (C=O) groups excluding carboxylic acids is 1. The van der Waals surface area contributed by atoms with Crippen LogP contribution < -0.4 is 10.6 Å². The molecule has 0 radical (unpaired) electrons. The first kappa shape index (κ1) is 16.1. The monoisotopic (exact) mass is 343 g/mol. The number of benzene rings is 1. The summed E-state index contributed by atoms with van der Waals surface area (Å²) < 4.78 is 0. The van der Waals surface area contributed by atoms with Crippen LogP contribution in [0.3, 0.4) is 0 Å². The number of thiazole rings is 1. The third kappa shape index (κ3) is 3.87. The summed E-state index contributed by atoms with van der Waals surface area (Å²) in [7, 11) is 0. The Balaban J connectivity index is 2.28. The van der Waals surface area contributed by atoms with Crippen LogP contribution in [-0.2, 0) is 6.54 Å². The maximum atomic E-state index is 11.7. The molecular weight excluding hydrogens is 329 g/mol. The summed E-state index contributed by atoms with van der Waals surface area (Å²) in [4.78, 5) is 18.5. The molecule has 112 valence electrons. The van der Waals surface area contributed by atoms with Crippen molar-refractivity contribution in [2.24, 2.45) is 5.73 Å². The molecular formula is C14H15Cl2N3OS. The number of carbonyl (C=O) groups is 1. The first-order valence-electron chi connectivity index (χ1n) is 6.35.